The molecule has 7 heteroatoms. The number of hydrogen-bond acceptors (Lipinski definition) is 5. The lowest BCUT2D eigenvalue weighted by Crippen LogP contribution is -2.49. The molecule has 1 aliphatic heterocycles. The van der Waals surface area contributed by atoms with E-state index in [9.17, 15) is 14.4 Å². The van der Waals surface area contributed by atoms with Crippen molar-refractivity contribution in [3.63, 3.8) is 0 Å². The average molecular weight is 518 g/mol. The Bertz CT molecular complexity index is 1360. The molecule has 2 unspecified atom stereocenters. The van der Waals surface area contributed by atoms with Gasteiger partial charge in [0.25, 0.3) is 5.91 Å². The van der Waals surface area contributed by atoms with E-state index >= 15 is 0 Å². The van der Waals surface area contributed by atoms with Crippen molar-refractivity contribution in [1.29, 1.82) is 0 Å². The number of anilines is 1. The molecule has 0 N–H and O–H groups in total. The Morgan fingerprint density at radius 1 is 0.946 bits per heavy atom. The highest BCUT2D eigenvalue weighted by Crippen LogP contribution is 2.56. The van der Waals surface area contributed by atoms with Crippen LogP contribution in [0.4, 0.5) is 10.5 Å². The number of para-hydroxylation sites is 1. The Hall–Kier alpha value is -3.90. The molecule has 0 saturated carbocycles. The van der Waals surface area contributed by atoms with Gasteiger partial charge < -0.3 is 9.47 Å². The predicted molar refractivity (Wildman–Crippen MR) is 143 cm³/mol. The van der Waals surface area contributed by atoms with Crippen molar-refractivity contribution >= 4 is 35.3 Å². The van der Waals surface area contributed by atoms with Gasteiger partial charge in [-0.15, -0.1) is 0 Å². The van der Waals surface area contributed by atoms with Gasteiger partial charge in [0.2, 0.25) is 0 Å². The number of carbonyl (C=O) groups is 3. The first-order valence-electron chi connectivity index (χ1n) is 11.8. The van der Waals surface area contributed by atoms with Crippen LogP contribution in [-0.2, 0) is 24.5 Å². The van der Waals surface area contributed by atoms with Crippen LogP contribution in [0.2, 0.25) is 5.02 Å². The Labute approximate surface area is 221 Å². The molecule has 0 fully saturated rings. The third-order valence-corrected chi connectivity index (χ3v) is 6.60. The maximum absolute atomic E-state index is 14.7. The lowest BCUT2D eigenvalue weighted by atomic mass is 9.62. The van der Waals surface area contributed by atoms with Crippen LogP contribution in [0, 0.1) is 0 Å². The summed E-state index contributed by atoms with van der Waals surface area (Å²) in [6.07, 6.45) is -0.804. The summed E-state index contributed by atoms with van der Waals surface area (Å²) in [7, 11) is 1.26. The Morgan fingerprint density at radius 3 is 2.14 bits per heavy atom. The molecule has 1 heterocycles. The van der Waals surface area contributed by atoms with E-state index in [-0.39, 0.29) is 5.57 Å². The maximum atomic E-state index is 14.7. The molecule has 0 spiro atoms. The first kappa shape index (κ1) is 26.2. The van der Waals surface area contributed by atoms with E-state index in [1.165, 1.54) is 7.11 Å². The number of rotatable bonds is 5. The second-order valence-corrected chi connectivity index (χ2v) is 10.2. The number of nitrogens with zero attached hydrogens (tertiary/aromatic N) is 1. The number of ether oxygens (including phenoxy) is 2. The summed E-state index contributed by atoms with van der Waals surface area (Å²) < 4.78 is 10.7. The molecule has 190 valence electrons. The van der Waals surface area contributed by atoms with E-state index in [4.69, 9.17) is 21.1 Å². The molecule has 6 nitrogen and oxygen atoms in total. The molecule has 2 atom stereocenters. The molecule has 0 bridgehead atoms. The van der Waals surface area contributed by atoms with Gasteiger partial charge in [-0.3, -0.25) is 4.79 Å². The fourth-order valence-corrected chi connectivity index (χ4v) is 5.06. The summed E-state index contributed by atoms with van der Waals surface area (Å²) in [5.41, 5.74) is -0.197. The monoisotopic (exact) mass is 517 g/mol. The first-order valence-corrected chi connectivity index (χ1v) is 12.1. The van der Waals surface area contributed by atoms with Crippen LogP contribution in [-0.4, -0.2) is 30.7 Å². The van der Waals surface area contributed by atoms with Gasteiger partial charge in [-0.2, -0.15) is 0 Å². The van der Waals surface area contributed by atoms with E-state index in [1.54, 1.807) is 81.4 Å². The minimum Gasteiger partial charge on any atom is -0.466 e. The number of carbonyl (C=O) groups excluding carboxylic acids is 3. The summed E-state index contributed by atoms with van der Waals surface area (Å²) in [6, 6.07) is 23.0. The molecule has 2 amide bonds. The molecule has 0 aromatic heterocycles. The highest BCUT2D eigenvalue weighted by Gasteiger charge is 2.60. The van der Waals surface area contributed by atoms with E-state index < -0.39 is 34.9 Å². The van der Waals surface area contributed by atoms with Crippen molar-refractivity contribution in [2.45, 2.75) is 37.7 Å². The maximum Gasteiger partial charge on any atom is 0.421 e. The largest absolute Gasteiger partial charge is 0.466 e. The molecular formula is C30H28ClNO5. The second kappa shape index (κ2) is 9.87. The third-order valence-electron chi connectivity index (χ3n) is 6.35. The molecule has 37 heavy (non-hydrogen) atoms. The smallest absolute Gasteiger partial charge is 0.421 e. The van der Waals surface area contributed by atoms with Crippen LogP contribution in [0.5, 0.6) is 0 Å². The van der Waals surface area contributed by atoms with Crippen molar-refractivity contribution in [2.75, 3.05) is 12.0 Å². The molecule has 4 rings (SSSR count). The number of fused-ring (bicyclic) bond motifs is 1. The van der Waals surface area contributed by atoms with Crippen molar-refractivity contribution in [3.05, 3.63) is 113 Å². The fourth-order valence-electron chi connectivity index (χ4n) is 4.93. The lowest BCUT2D eigenvalue weighted by molar-refractivity contribution is -0.136. The van der Waals surface area contributed by atoms with Crippen LogP contribution < -0.4 is 4.90 Å². The Kier molecular flexibility index (Phi) is 6.98. The topological polar surface area (TPSA) is 72.9 Å². The molecule has 0 radical (unpaired) electrons. The van der Waals surface area contributed by atoms with Crippen LogP contribution in [0.25, 0.3) is 0 Å². The molecular weight excluding hydrogens is 490 g/mol. The van der Waals surface area contributed by atoms with Gasteiger partial charge in [-0.1, -0.05) is 78.8 Å². The fraction of sp³-hybridized carbons (Fsp3) is 0.233. The summed E-state index contributed by atoms with van der Waals surface area (Å²) in [4.78, 5) is 42.2. The van der Waals surface area contributed by atoms with Crippen LogP contribution in [0.3, 0.4) is 0 Å². The van der Waals surface area contributed by atoms with E-state index in [1.807, 2.05) is 18.2 Å². The summed E-state index contributed by atoms with van der Waals surface area (Å²) in [6.45, 7) is 9.28. The number of esters is 1. The number of amides is 2. The number of methoxy groups -OCH3 is 1. The van der Waals surface area contributed by atoms with Crippen LogP contribution >= 0.6 is 11.6 Å². The number of hydrogen-bond donors (Lipinski definition) is 0. The third kappa shape index (κ3) is 4.53. The minimum atomic E-state index is -1.53. The van der Waals surface area contributed by atoms with Crippen LogP contribution in [0.15, 0.2) is 91.0 Å². The van der Waals surface area contributed by atoms with Gasteiger partial charge >= 0.3 is 12.1 Å². The minimum absolute atomic E-state index is 0.0582. The van der Waals surface area contributed by atoms with E-state index in [2.05, 4.69) is 6.58 Å². The molecule has 3 aromatic carbocycles. The van der Waals surface area contributed by atoms with Gasteiger partial charge in [0, 0.05) is 16.5 Å². The molecule has 0 saturated heterocycles. The number of imide groups is 1. The summed E-state index contributed by atoms with van der Waals surface area (Å²) >= 11 is 6.18. The standard InChI is InChI=1S/C30H28ClNO5/c1-19(26(33)36-5)25(20-15-17-22(31)18-16-20)30(21-11-7-6-8-12-21)23-13-9-10-14-24(23)32(27(30)34)28(35)37-29(2,3)4/h6-18,25H,1H2,2-5H3. The van der Waals surface area contributed by atoms with Gasteiger partial charge in [0.05, 0.1) is 12.8 Å². The van der Waals surface area contributed by atoms with Crippen molar-refractivity contribution in [2.24, 2.45) is 0 Å². The SMILES string of the molecule is C=C(C(=O)OC)C(c1ccc(Cl)cc1)C1(c2ccccc2)C(=O)N(C(=O)OC(C)(C)C)c2ccccc21. The van der Waals surface area contributed by atoms with Crippen molar-refractivity contribution in [1.82, 2.24) is 0 Å². The zero-order valence-corrected chi connectivity index (χ0v) is 21.9. The molecule has 3 aromatic rings. The van der Waals surface area contributed by atoms with Crippen LogP contribution in [0.1, 0.15) is 43.4 Å². The van der Waals surface area contributed by atoms with Crippen molar-refractivity contribution in [3.8, 4) is 0 Å². The van der Waals surface area contributed by atoms with Gasteiger partial charge in [-0.25, -0.2) is 14.5 Å². The summed E-state index contributed by atoms with van der Waals surface area (Å²) in [5, 5.41) is 0.494. The number of benzene rings is 3. The quantitative estimate of drug-likeness (QED) is 0.288. The van der Waals surface area contributed by atoms with Gasteiger partial charge in [-0.05, 0) is 55.7 Å². The average Bonchev–Trinajstić information content (AvgIpc) is 3.13. The molecule has 0 aliphatic carbocycles. The number of halogens is 1. The predicted octanol–water partition coefficient (Wildman–Crippen LogP) is 6.42. The first-order chi connectivity index (χ1) is 17.5. The van der Waals surface area contributed by atoms with Gasteiger partial charge in [0.15, 0.2) is 0 Å². The highest BCUT2D eigenvalue weighted by molar-refractivity contribution is 6.30. The summed E-state index contributed by atoms with van der Waals surface area (Å²) in [5.74, 6) is -2.16. The van der Waals surface area contributed by atoms with E-state index in [0.29, 0.717) is 27.4 Å². The van der Waals surface area contributed by atoms with Crippen molar-refractivity contribution < 1.29 is 23.9 Å². The van der Waals surface area contributed by atoms with Gasteiger partial charge in [0.1, 0.15) is 11.0 Å². The second-order valence-electron chi connectivity index (χ2n) is 9.81. The van der Waals surface area contributed by atoms with E-state index in [0.717, 1.165) is 4.90 Å². The Morgan fingerprint density at radius 2 is 1.54 bits per heavy atom. The lowest BCUT2D eigenvalue weighted by Gasteiger charge is -2.38. The Balaban J connectivity index is 2.09. The normalized spacial score (nSPS) is 17.6. The zero-order valence-electron chi connectivity index (χ0n) is 21.2. The zero-order chi connectivity index (χ0) is 27.0. The highest BCUT2D eigenvalue weighted by atomic mass is 35.5. The molecule has 1 aliphatic rings.